The Labute approximate surface area is 107 Å². The van der Waals surface area contributed by atoms with Gasteiger partial charge in [-0.3, -0.25) is 0 Å². The van der Waals surface area contributed by atoms with E-state index < -0.39 is 23.3 Å². The Morgan fingerprint density at radius 1 is 1.39 bits per heavy atom. The molecule has 0 radical (unpaired) electrons. The topological polar surface area (TPSA) is 72.8 Å². The van der Waals surface area contributed by atoms with Crippen LogP contribution < -0.4 is 0 Å². The average Bonchev–Trinajstić information content (AvgIpc) is 2.40. The highest BCUT2D eigenvalue weighted by Crippen LogP contribution is 2.18. The molecule has 2 atom stereocenters. The van der Waals surface area contributed by atoms with Crippen LogP contribution in [0.25, 0.3) is 0 Å². The third-order valence-corrected chi connectivity index (χ3v) is 3.40. The number of hydrogen-bond donors (Lipinski definition) is 1. The molecule has 6 heteroatoms. The van der Waals surface area contributed by atoms with Gasteiger partial charge in [-0.2, -0.15) is 0 Å². The van der Waals surface area contributed by atoms with Gasteiger partial charge in [-0.1, -0.05) is 12.1 Å². The van der Waals surface area contributed by atoms with Gasteiger partial charge < -0.3 is 14.0 Å². The molecule has 1 aliphatic rings. The highest BCUT2D eigenvalue weighted by atomic mass is 32.2. The van der Waals surface area contributed by atoms with Crippen molar-refractivity contribution in [1.82, 2.24) is 0 Å². The van der Waals surface area contributed by atoms with Crippen molar-refractivity contribution in [2.45, 2.75) is 30.4 Å². The van der Waals surface area contributed by atoms with Crippen molar-refractivity contribution in [3.05, 3.63) is 29.8 Å². The van der Waals surface area contributed by atoms with Gasteiger partial charge in [0.05, 0.1) is 17.1 Å². The molecule has 0 aliphatic carbocycles. The second-order valence-electron chi connectivity index (χ2n) is 3.95. The van der Waals surface area contributed by atoms with Crippen LogP contribution in [0.2, 0.25) is 0 Å². The molecule has 0 saturated carbocycles. The lowest BCUT2D eigenvalue weighted by Crippen LogP contribution is -2.25. The summed E-state index contributed by atoms with van der Waals surface area (Å²) in [5, 5.41) is 0. The highest BCUT2D eigenvalue weighted by molar-refractivity contribution is 7.79. The summed E-state index contributed by atoms with van der Waals surface area (Å²) in [5.41, 5.74) is 0.104. The lowest BCUT2D eigenvalue weighted by Gasteiger charge is -2.22. The molecule has 98 valence electrons. The van der Waals surface area contributed by atoms with E-state index in [9.17, 15) is 9.00 Å². The number of hydrogen-bond acceptors (Lipinski definition) is 4. The molecule has 1 aliphatic heterocycles. The largest absolute Gasteiger partial charge is 0.432 e. The van der Waals surface area contributed by atoms with E-state index in [1.54, 1.807) is 12.1 Å². The van der Waals surface area contributed by atoms with E-state index in [1.165, 1.54) is 12.1 Å². The molecule has 2 unspecified atom stereocenters. The van der Waals surface area contributed by atoms with Gasteiger partial charge in [-0.05, 0) is 25.0 Å². The highest BCUT2D eigenvalue weighted by Gasteiger charge is 2.22. The van der Waals surface area contributed by atoms with E-state index in [-0.39, 0.29) is 10.5 Å². The second kappa shape index (κ2) is 6.08. The van der Waals surface area contributed by atoms with Crippen LogP contribution in [-0.4, -0.2) is 27.6 Å². The minimum atomic E-state index is -2.21. The van der Waals surface area contributed by atoms with E-state index in [0.29, 0.717) is 13.0 Å². The maximum atomic E-state index is 11.9. The summed E-state index contributed by atoms with van der Waals surface area (Å²) in [5.74, 6) is -0.625. The number of carbonyl (C=O) groups excluding carboxylic acids is 1. The maximum absolute atomic E-state index is 11.9. The second-order valence-corrected chi connectivity index (χ2v) is 4.88. The molecule has 0 bridgehead atoms. The van der Waals surface area contributed by atoms with E-state index in [0.717, 1.165) is 12.8 Å². The standard InChI is InChI=1S/C12H14O5S/c13-12(17-11-7-3-4-8-16-11)9-5-1-2-6-10(9)18(14)15/h1-2,5-6,11H,3-4,7-8H2,(H,14,15). The molecular formula is C12H14O5S. The number of esters is 1. The molecule has 18 heavy (non-hydrogen) atoms. The van der Waals surface area contributed by atoms with Crippen molar-refractivity contribution in [3.63, 3.8) is 0 Å². The van der Waals surface area contributed by atoms with Crippen molar-refractivity contribution < 1.29 is 23.0 Å². The van der Waals surface area contributed by atoms with Gasteiger partial charge in [-0.25, -0.2) is 9.00 Å². The molecule has 1 N–H and O–H groups in total. The van der Waals surface area contributed by atoms with Crippen LogP contribution in [-0.2, 0) is 20.6 Å². The quantitative estimate of drug-likeness (QED) is 0.671. The first kappa shape index (κ1) is 13.2. The summed E-state index contributed by atoms with van der Waals surface area (Å²) >= 11 is -2.21. The van der Waals surface area contributed by atoms with Crippen LogP contribution >= 0.6 is 0 Å². The number of carbonyl (C=O) groups is 1. The van der Waals surface area contributed by atoms with Crippen LogP contribution in [0, 0.1) is 0 Å². The predicted molar refractivity (Wildman–Crippen MR) is 64.5 cm³/mol. The molecule has 1 saturated heterocycles. The zero-order valence-corrected chi connectivity index (χ0v) is 10.5. The number of benzene rings is 1. The normalized spacial score (nSPS) is 21.3. The Kier molecular flexibility index (Phi) is 4.46. The fraction of sp³-hybridized carbons (Fsp3) is 0.417. The summed E-state index contributed by atoms with van der Waals surface area (Å²) in [6.45, 7) is 0.575. The molecular weight excluding hydrogens is 256 g/mol. The number of ether oxygens (including phenoxy) is 2. The van der Waals surface area contributed by atoms with Crippen molar-refractivity contribution in [1.29, 1.82) is 0 Å². The first-order valence-corrected chi connectivity index (χ1v) is 6.81. The predicted octanol–water partition coefficient (Wildman–Crippen LogP) is 1.95. The van der Waals surface area contributed by atoms with E-state index >= 15 is 0 Å². The fourth-order valence-electron chi connectivity index (χ4n) is 1.77. The molecule has 0 amide bonds. The van der Waals surface area contributed by atoms with Gasteiger partial charge in [0.25, 0.3) is 0 Å². The van der Waals surface area contributed by atoms with Crippen LogP contribution in [0.3, 0.4) is 0 Å². The molecule has 0 spiro atoms. The van der Waals surface area contributed by atoms with E-state index in [4.69, 9.17) is 14.0 Å². The van der Waals surface area contributed by atoms with Crippen molar-refractivity contribution in [2.75, 3.05) is 6.61 Å². The van der Waals surface area contributed by atoms with Crippen molar-refractivity contribution in [2.24, 2.45) is 0 Å². The smallest absolute Gasteiger partial charge is 0.341 e. The Balaban J connectivity index is 2.10. The van der Waals surface area contributed by atoms with Crippen LogP contribution in [0.1, 0.15) is 29.6 Å². The third kappa shape index (κ3) is 3.16. The van der Waals surface area contributed by atoms with Crippen LogP contribution in [0.5, 0.6) is 0 Å². The first-order valence-electron chi connectivity index (χ1n) is 5.71. The molecule has 1 aromatic carbocycles. The summed E-state index contributed by atoms with van der Waals surface area (Å²) in [6, 6.07) is 6.11. The van der Waals surface area contributed by atoms with Gasteiger partial charge in [0.2, 0.25) is 6.29 Å². The van der Waals surface area contributed by atoms with E-state index in [1.807, 2.05) is 0 Å². The molecule has 5 nitrogen and oxygen atoms in total. The first-order chi connectivity index (χ1) is 8.68. The average molecular weight is 270 g/mol. The monoisotopic (exact) mass is 270 g/mol. The zero-order valence-electron chi connectivity index (χ0n) is 9.70. The minimum absolute atomic E-state index is 0.0540. The lowest BCUT2D eigenvalue weighted by atomic mass is 10.2. The van der Waals surface area contributed by atoms with E-state index in [2.05, 4.69) is 0 Å². The third-order valence-electron chi connectivity index (χ3n) is 2.67. The van der Waals surface area contributed by atoms with Gasteiger partial charge in [0.1, 0.15) is 0 Å². The molecule has 1 fully saturated rings. The molecule has 1 heterocycles. The Hall–Kier alpha value is -1.24. The van der Waals surface area contributed by atoms with Gasteiger partial charge in [0, 0.05) is 6.42 Å². The summed E-state index contributed by atoms with van der Waals surface area (Å²) < 4.78 is 30.6. The lowest BCUT2D eigenvalue weighted by molar-refractivity contribution is -0.131. The van der Waals surface area contributed by atoms with Crippen molar-refractivity contribution in [3.8, 4) is 0 Å². The maximum Gasteiger partial charge on any atom is 0.341 e. The SMILES string of the molecule is O=C(OC1CCCCO1)c1ccccc1S(=O)O. The zero-order chi connectivity index (χ0) is 13.0. The summed E-state index contributed by atoms with van der Waals surface area (Å²) in [6.07, 6.45) is 2.03. The Morgan fingerprint density at radius 3 is 2.83 bits per heavy atom. The van der Waals surface area contributed by atoms with Crippen LogP contribution in [0.15, 0.2) is 29.2 Å². The van der Waals surface area contributed by atoms with Gasteiger partial charge in [-0.15, -0.1) is 0 Å². The minimum Gasteiger partial charge on any atom is -0.432 e. The summed E-state index contributed by atoms with van der Waals surface area (Å²) in [4.78, 5) is 11.9. The van der Waals surface area contributed by atoms with Gasteiger partial charge in [0.15, 0.2) is 11.1 Å². The van der Waals surface area contributed by atoms with Crippen molar-refractivity contribution >= 4 is 17.0 Å². The fourth-order valence-corrected chi connectivity index (χ4v) is 2.31. The molecule has 2 rings (SSSR count). The number of rotatable bonds is 3. The van der Waals surface area contributed by atoms with Gasteiger partial charge >= 0.3 is 5.97 Å². The van der Waals surface area contributed by atoms with Crippen LogP contribution in [0.4, 0.5) is 0 Å². The Bertz CT molecular complexity index is 454. The summed E-state index contributed by atoms with van der Waals surface area (Å²) in [7, 11) is 0. The molecule has 0 aromatic heterocycles. The molecule has 1 aromatic rings. The Morgan fingerprint density at radius 2 is 2.17 bits per heavy atom.